The molecule has 2 fully saturated rings. The number of ether oxygens (including phenoxy) is 3. The number of fused-ring (bicyclic) bond motifs is 1. The molecule has 4 atom stereocenters. The van der Waals surface area contributed by atoms with Crippen LogP contribution in [0.5, 0.6) is 0 Å². The third-order valence-corrected chi connectivity index (χ3v) is 4.54. The molecule has 1 aromatic carbocycles. The maximum absolute atomic E-state index is 12.4. The van der Waals surface area contributed by atoms with Crippen molar-refractivity contribution >= 4 is 5.97 Å². The van der Waals surface area contributed by atoms with Crippen molar-refractivity contribution in [2.45, 2.75) is 37.2 Å². The van der Waals surface area contributed by atoms with Gasteiger partial charge in [-0.05, 0) is 25.0 Å². The zero-order chi connectivity index (χ0) is 16.2. The molecule has 2 saturated heterocycles. The fourth-order valence-electron chi connectivity index (χ4n) is 3.40. The van der Waals surface area contributed by atoms with Gasteiger partial charge in [0.15, 0.2) is 0 Å². The van der Waals surface area contributed by atoms with E-state index in [0.717, 1.165) is 13.0 Å². The number of methoxy groups -OCH3 is 1. The third-order valence-electron chi connectivity index (χ3n) is 4.54. The highest BCUT2D eigenvalue weighted by Gasteiger charge is 2.47. The highest BCUT2D eigenvalue weighted by Crippen LogP contribution is 2.31. The molecule has 0 aromatic heterocycles. The van der Waals surface area contributed by atoms with Crippen molar-refractivity contribution in [3.05, 3.63) is 35.9 Å². The van der Waals surface area contributed by atoms with Gasteiger partial charge >= 0.3 is 5.97 Å². The second-order valence-electron chi connectivity index (χ2n) is 6.09. The number of nitrogens with zero attached hydrogens (tertiary/aromatic N) is 1. The Morgan fingerprint density at radius 1 is 1.35 bits per heavy atom. The van der Waals surface area contributed by atoms with Crippen molar-refractivity contribution in [2.24, 2.45) is 0 Å². The first-order valence-electron chi connectivity index (χ1n) is 7.97. The molecule has 2 heterocycles. The van der Waals surface area contributed by atoms with E-state index in [1.165, 1.54) is 0 Å². The summed E-state index contributed by atoms with van der Waals surface area (Å²) in [5.41, 5.74) is 0.521. The molecule has 1 N–H and O–H groups in total. The molecule has 2 aliphatic rings. The molecule has 6 heteroatoms. The van der Waals surface area contributed by atoms with Gasteiger partial charge < -0.3 is 19.3 Å². The molecule has 2 aliphatic heterocycles. The summed E-state index contributed by atoms with van der Waals surface area (Å²) in [6.45, 7) is 1.64. The number of esters is 1. The molecule has 0 unspecified atom stereocenters. The highest BCUT2D eigenvalue weighted by molar-refractivity contribution is 5.89. The van der Waals surface area contributed by atoms with Crippen molar-refractivity contribution in [3.8, 4) is 0 Å². The van der Waals surface area contributed by atoms with Crippen LogP contribution < -0.4 is 0 Å². The first kappa shape index (κ1) is 16.4. The summed E-state index contributed by atoms with van der Waals surface area (Å²) in [5.74, 6) is -0.358. The predicted octanol–water partition coefficient (Wildman–Crippen LogP) is 1.04. The molecule has 0 spiro atoms. The minimum Gasteiger partial charge on any atom is -0.454 e. The average molecular weight is 321 g/mol. The standard InChI is InChI=1S/C17H23NO5/c1-21-11-22-15-10-18-8-7-13(19)9-14(18)16(15)23-17(20)12-5-3-2-4-6-12/h2-6,13-16,19H,7-11H2,1H3/t13-,14+,15-,16+/m0/s1. The second kappa shape index (κ2) is 7.40. The van der Waals surface area contributed by atoms with Gasteiger partial charge in [-0.1, -0.05) is 18.2 Å². The molecule has 0 bridgehead atoms. The van der Waals surface area contributed by atoms with E-state index < -0.39 is 6.10 Å². The predicted molar refractivity (Wildman–Crippen MR) is 83.0 cm³/mol. The Labute approximate surface area is 135 Å². The van der Waals surface area contributed by atoms with Gasteiger partial charge in [-0.25, -0.2) is 4.79 Å². The zero-order valence-electron chi connectivity index (χ0n) is 13.3. The smallest absolute Gasteiger partial charge is 0.338 e. The fourth-order valence-corrected chi connectivity index (χ4v) is 3.40. The number of aliphatic hydroxyl groups excluding tert-OH is 1. The molecule has 0 saturated carbocycles. The van der Waals surface area contributed by atoms with E-state index in [2.05, 4.69) is 4.90 Å². The van der Waals surface area contributed by atoms with Crippen molar-refractivity contribution in [1.82, 2.24) is 4.90 Å². The van der Waals surface area contributed by atoms with Gasteiger partial charge in [0.1, 0.15) is 19.0 Å². The van der Waals surface area contributed by atoms with Crippen LogP contribution in [0, 0.1) is 0 Å². The molecule has 0 amide bonds. The molecular weight excluding hydrogens is 298 g/mol. The summed E-state index contributed by atoms with van der Waals surface area (Å²) in [4.78, 5) is 14.6. The minimum atomic E-state index is -0.396. The topological polar surface area (TPSA) is 68.2 Å². The number of hydrogen-bond acceptors (Lipinski definition) is 6. The van der Waals surface area contributed by atoms with Crippen LogP contribution in [-0.2, 0) is 14.2 Å². The van der Waals surface area contributed by atoms with E-state index in [1.54, 1.807) is 31.4 Å². The van der Waals surface area contributed by atoms with Crippen LogP contribution >= 0.6 is 0 Å². The first-order chi connectivity index (χ1) is 11.2. The lowest BCUT2D eigenvalue weighted by atomic mass is 9.97. The maximum Gasteiger partial charge on any atom is 0.338 e. The lowest BCUT2D eigenvalue weighted by Crippen LogP contribution is -2.46. The van der Waals surface area contributed by atoms with Gasteiger partial charge in [0.2, 0.25) is 0 Å². The monoisotopic (exact) mass is 321 g/mol. The minimum absolute atomic E-state index is 0.00623. The Morgan fingerprint density at radius 2 is 2.13 bits per heavy atom. The van der Waals surface area contributed by atoms with Gasteiger partial charge in [0.25, 0.3) is 0 Å². The summed E-state index contributed by atoms with van der Waals surface area (Å²) in [6, 6.07) is 8.93. The van der Waals surface area contributed by atoms with Crippen LogP contribution in [0.2, 0.25) is 0 Å². The van der Waals surface area contributed by atoms with Crippen molar-refractivity contribution < 1.29 is 24.1 Å². The Balaban J connectivity index is 1.73. The molecule has 1 aromatic rings. The Bertz CT molecular complexity index is 523. The van der Waals surface area contributed by atoms with Gasteiger partial charge in [-0.15, -0.1) is 0 Å². The van der Waals surface area contributed by atoms with Gasteiger partial charge in [0, 0.05) is 20.2 Å². The summed E-state index contributed by atoms with van der Waals surface area (Å²) >= 11 is 0. The first-order valence-corrected chi connectivity index (χ1v) is 7.97. The molecule has 6 nitrogen and oxygen atoms in total. The Morgan fingerprint density at radius 3 is 2.87 bits per heavy atom. The van der Waals surface area contributed by atoms with Crippen LogP contribution in [0.1, 0.15) is 23.2 Å². The number of rotatable bonds is 5. The summed E-state index contributed by atoms with van der Waals surface area (Å²) in [7, 11) is 1.57. The van der Waals surface area contributed by atoms with Crippen molar-refractivity contribution in [3.63, 3.8) is 0 Å². The molecule has 0 aliphatic carbocycles. The summed E-state index contributed by atoms with van der Waals surface area (Å²) in [5, 5.41) is 9.95. The van der Waals surface area contributed by atoms with Crippen molar-refractivity contribution in [1.29, 1.82) is 0 Å². The van der Waals surface area contributed by atoms with Crippen LogP contribution in [-0.4, -0.2) is 67.3 Å². The van der Waals surface area contributed by atoms with E-state index >= 15 is 0 Å². The second-order valence-corrected chi connectivity index (χ2v) is 6.09. The number of aliphatic hydroxyl groups is 1. The van der Waals surface area contributed by atoms with Crippen LogP contribution in [0.3, 0.4) is 0 Å². The molecule has 23 heavy (non-hydrogen) atoms. The van der Waals surface area contributed by atoms with Gasteiger partial charge in [-0.3, -0.25) is 4.90 Å². The number of piperidine rings is 1. The molecule has 0 radical (unpaired) electrons. The molecular formula is C17H23NO5. The number of benzene rings is 1. The zero-order valence-corrected chi connectivity index (χ0v) is 13.3. The van der Waals surface area contributed by atoms with E-state index in [-0.39, 0.29) is 31.0 Å². The van der Waals surface area contributed by atoms with Gasteiger partial charge in [0.05, 0.1) is 17.7 Å². The van der Waals surface area contributed by atoms with E-state index in [1.807, 2.05) is 6.07 Å². The average Bonchev–Trinajstić information content (AvgIpc) is 2.91. The molecule has 126 valence electrons. The largest absolute Gasteiger partial charge is 0.454 e. The number of hydrogen-bond donors (Lipinski definition) is 1. The third kappa shape index (κ3) is 3.72. The number of carbonyl (C=O) groups is 1. The summed E-state index contributed by atoms with van der Waals surface area (Å²) in [6.07, 6.45) is 0.355. The normalized spacial score (nSPS) is 30.9. The summed E-state index contributed by atoms with van der Waals surface area (Å²) < 4.78 is 16.4. The number of carbonyl (C=O) groups excluding carboxylic acids is 1. The maximum atomic E-state index is 12.4. The van der Waals surface area contributed by atoms with Crippen LogP contribution in [0.4, 0.5) is 0 Å². The van der Waals surface area contributed by atoms with Gasteiger partial charge in [-0.2, -0.15) is 0 Å². The highest BCUT2D eigenvalue weighted by atomic mass is 16.7. The Kier molecular flexibility index (Phi) is 5.27. The van der Waals surface area contributed by atoms with E-state index in [4.69, 9.17) is 14.2 Å². The SMILES string of the molecule is COCO[C@H]1CN2CC[C@H](O)C[C@@H]2[C@H]1OC(=O)c1ccccc1. The molecule has 3 rings (SSSR count). The van der Waals surface area contributed by atoms with Crippen molar-refractivity contribution in [2.75, 3.05) is 27.0 Å². The lowest BCUT2D eigenvalue weighted by molar-refractivity contribution is -0.104. The van der Waals surface area contributed by atoms with Crippen LogP contribution in [0.25, 0.3) is 0 Å². The lowest BCUT2D eigenvalue weighted by Gasteiger charge is -2.34. The van der Waals surface area contributed by atoms with E-state index in [0.29, 0.717) is 18.5 Å². The van der Waals surface area contributed by atoms with E-state index in [9.17, 15) is 9.90 Å². The van der Waals surface area contributed by atoms with Crippen LogP contribution in [0.15, 0.2) is 30.3 Å². The quantitative estimate of drug-likeness (QED) is 0.646. The fraction of sp³-hybridized carbons (Fsp3) is 0.588. The Hall–Kier alpha value is -1.47.